The number of ether oxygens (including phenoxy) is 1. The normalized spacial score (nSPS) is 15.2. The molecule has 1 atom stereocenters. The Labute approximate surface area is 175 Å². The molecule has 0 unspecified atom stereocenters. The van der Waals surface area contributed by atoms with Gasteiger partial charge in [-0.25, -0.2) is 4.98 Å². The molecule has 0 bridgehead atoms. The molecular weight excluding hydrogens is 382 g/mol. The molecular formula is C24H23NO3S. The zero-order chi connectivity index (χ0) is 20.4. The molecule has 148 valence electrons. The lowest BCUT2D eigenvalue weighted by Gasteiger charge is -2.12. The van der Waals surface area contributed by atoms with Crippen LogP contribution in [0, 0.1) is 13.8 Å². The molecule has 4 nitrogen and oxygen atoms in total. The smallest absolute Gasteiger partial charge is 0.303 e. The molecule has 0 aliphatic carbocycles. The molecule has 5 heteroatoms. The van der Waals surface area contributed by atoms with Crippen LogP contribution in [0.1, 0.15) is 34.6 Å². The van der Waals surface area contributed by atoms with Crippen molar-refractivity contribution in [2.24, 2.45) is 0 Å². The zero-order valence-electron chi connectivity index (χ0n) is 16.5. The van der Waals surface area contributed by atoms with Crippen molar-refractivity contribution in [2.75, 3.05) is 5.75 Å². The maximum absolute atomic E-state index is 11.0. The highest BCUT2D eigenvalue weighted by molar-refractivity contribution is 7.99. The SMILES string of the molecule is Cc1cccc(C)c1-c1cccc(COc2cc3c(cn2)[C@H](CC(=O)O)CS3)c1. The van der Waals surface area contributed by atoms with Crippen LogP contribution in [0.15, 0.2) is 59.6 Å². The molecule has 0 saturated carbocycles. The lowest BCUT2D eigenvalue weighted by molar-refractivity contribution is -0.137. The molecule has 0 spiro atoms. The minimum Gasteiger partial charge on any atom is -0.481 e. The van der Waals surface area contributed by atoms with Crippen LogP contribution in [0.25, 0.3) is 11.1 Å². The highest BCUT2D eigenvalue weighted by atomic mass is 32.2. The number of fused-ring (bicyclic) bond motifs is 1. The molecule has 1 N–H and O–H groups in total. The van der Waals surface area contributed by atoms with E-state index in [9.17, 15) is 4.79 Å². The number of aromatic nitrogens is 1. The molecule has 3 aromatic rings. The van der Waals surface area contributed by atoms with Crippen LogP contribution in [0.4, 0.5) is 0 Å². The Morgan fingerprint density at radius 1 is 1.17 bits per heavy atom. The van der Waals surface area contributed by atoms with Crippen molar-refractivity contribution in [3.05, 3.63) is 77.0 Å². The van der Waals surface area contributed by atoms with E-state index in [0.29, 0.717) is 12.5 Å². The van der Waals surface area contributed by atoms with Crippen LogP contribution >= 0.6 is 11.8 Å². The van der Waals surface area contributed by atoms with Crippen molar-refractivity contribution in [1.82, 2.24) is 4.98 Å². The summed E-state index contributed by atoms with van der Waals surface area (Å²) in [5.74, 6) is 0.616. The average Bonchev–Trinajstić information content (AvgIpc) is 3.08. The Morgan fingerprint density at radius 3 is 2.69 bits per heavy atom. The van der Waals surface area contributed by atoms with Gasteiger partial charge >= 0.3 is 5.97 Å². The van der Waals surface area contributed by atoms with Crippen LogP contribution < -0.4 is 4.74 Å². The highest BCUT2D eigenvalue weighted by Crippen LogP contribution is 2.42. The summed E-state index contributed by atoms with van der Waals surface area (Å²) >= 11 is 1.67. The summed E-state index contributed by atoms with van der Waals surface area (Å²) in [6.07, 6.45) is 1.92. The van der Waals surface area contributed by atoms with Gasteiger partial charge in [0, 0.05) is 28.8 Å². The predicted octanol–water partition coefficient (Wildman–Crippen LogP) is 5.61. The standard InChI is InChI=1S/C24H23NO3S/c1-15-5-3-6-16(2)24(15)18-8-4-7-17(9-18)13-28-22-11-21-20(12-25-22)19(14-29-21)10-23(26)27/h3-9,11-12,19H,10,13-14H2,1-2H3,(H,26,27)/t19-/m1/s1. The minimum absolute atomic E-state index is 0.0306. The third kappa shape index (κ3) is 4.30. The van der Waals surface area contributed by atoms with Gasteiger partial charge in [-0.2, -0.15) is 0 Å². The first-order valence-corrected chi connectivity index (χ1v) is 10.6. The van der Waals surface area contributed by atoms with Gasteiger partial charge in [0.05, 0.1) is 6.42 Å². The Hall–Kier alpha value is -2.79. The number of carboxylic acids is 1. The van der Waals surface area contributed by atoms with Gasteiger partial charge in [0.1, 0.15) is 6.61 Å². The maximum atomic E-state index is 11.0. The summed E-state index contributed by atoms with van der Waals surface area (Å²) in [5.41, 5.74) is 7.08. The summed E-state index contributed by atoms with van der Waals surface area (Å²) in [6.45, 7) is 4.71. The third-order valence-electron chi connectivity index (χ3n) is 5.25. The topological polar surface area (TPSA) is 59.4 Å². The van der Waals surface area contributed by atoms with E-state index in [1.807, 2.05) is 6.07 Å². The lowest BCUT2D eigenvalue weighted by atomic mass is 9.95. The number of pyridine rings is 1. The van der Waals surface area contributed by atoms with E-state index in [2.05, 4.69) is 61.3 Å². The van der Waals surface area contributed by atoms with Crippen molar-refractivity contribution >= 4 is 17.7 Å². The molecule has 4 rings (SSSR count). The van der Waals surface area contributed by atoms with Gasteiger partial charge in [-0.05, 0) is 53.3 Å². The summed E-state index contributed by atoms with van der Waals surface area (Å²) in [5, 5.41) is 9.05. The van der Waals surface area contributed by atoms with E-state index in [1.54, 1.807) is 18.0 Å². The number of aryl methyl sites for hydroxylation is 2. The molecule has 2 heterocycles. The van der Waals surface area contributed by atoms with E-state index in [-0.39, 0.29) is 12.3 Å². The second kappa shape index (κ2) is 8.29. The summed E-state index contributed by atoms with van der Waals surface area (Å²) in [6, 6.07) is 16.7. The van der Waals surface area contributed by atoms with Crippen molar-refractivity contribution in [3.8, 4) is 17.0 Å². The maximum Gasteiger partial charge on any atom is 0.303 e. The van der Waals surface area contributed by atoms with Gasteiger partial charge in [0.25, 0.3) is 0 Å². The summed E-state index contributed by atoms with van der Waals surface area (Å²) in [7, 11) is 0. The Bertz CT molecular complexity index is 1040. The molecule has 0 radical (unpaired) electrons. The van der Waals surface area contributed by atoms with Crippen LogP contribution in [0.2, 0.25) is 0 Å². The van der Waals surface area contributed by atoms with Gasteiger partial charge in [-0.1, -0.05) is 36.4 Å². The molecule has 2 aromatic carbocycles. The monoisotopic (exact) mass is 405 g/mol. The quantitative estimate of drug-likeness (QED) is 0.578. The van der Waals surface area contributed by atoms with Crippen molar-refractivity contribution in [3.63, 3.8) is 0 Å². The fraction of sp³-hybridized carbons (Fsp3) is 0.250. The molecule has 1 aliphatic rings. The van der Waals surface area contributed by atoms with Gasteiger partial charge in [0.15, 0.2) is 0 Å². The van der Waals surface area contributed by atoms with E-state index in [4.69, 9.17) is 9.84 Å². The number of hydrogen-bond acceptors (Lipinski definition) is 4. The number of rotatable bonds is 6. The predicted molar refractivity (Wildman–Crippen MR) is 116 cm³/mol. The summed E-state index contributed by atoms with van der Waals surface area (Å²) < 4.78 is 5.94. The first-order valence-electron chi connectivity index (χ1n) is 9.64. The highest BCUT2D eigenvalue weighted by Gasteiger charge is 2.26. The first-order chi connectivity index (χ1) is 14.0. The largest absolute Gasteiger partial charge is 0.481 e. The fourth-order valence-corrected chi connectivity index (χ4v) is 5.09. The summed E-state index contributed by atoms with van der Waals surface area (Å²) in [4.78, 5) is 16.5. The number of hydrogen-bond donors (Lipinski definition) is 1. The number of carbonyl (C=O) groups is 1. The van der Waals surface area contributed by atoms with Crippen LogP contribution in [-0.4, -0.2) is 21.8 Å². The molecule has 1 aromatic heterocycles. The Kier molecular flexibility index (Phi) is 5.58. The van der Waals surface area contributed by atoms with Gasteiger partial charge in [-0.15, -0.1) is 11.8 Å². The van der Waals surface area contributed by atoms with Gasteiger partial charge < -0.3 is 9.84 Å². The number of carboxylic acid groups (broad SMARTS) is 1. The van der Waals surface area contributed by atoms with Crippen LogP contribution in [0.5, 0.6) is 5.88 Å². The fourth-order valence-electron chi connectivity index (χ4n) is 3.84. The molecule has 1 aliphatic heterocycles. The van der Waals surface area contributed by atoms with Crippen LogP contribution in [-0.2, 0) is 11.4 Å². The second-order valence-electron chi connectivity index (χ2n) is 7.42. The number of aliphatic carboxylic acids is 1. The molecule has 0 fully saturated rings. The third-order valence-corrected chi connectivity index (χ3v) is 6.49. The lowest BCUT2D eigenvalue weighted by Crippen LogP contribution is -2.06. The molecule has 0 amide bonds. The molecule has 29 heavy (non-hydrogen) atoms. The Morgan fingerprint density at radius 2 is 1.93 bits per heavy atom. The van der Waals surface area contributed by atoms with Crippen molar-refractivity contribution in [1.29, 1.82) is 0 Å². The molecule has 0 saturated heterocycles. The second-order valence-corrected chi connectivity index (χ2v) is 8.48. The van der Waals surface area contributed by atoms with E-state index >= 15 is 0 Å². The number of thioether (sulfide) groups is 1. The zero-order valence-corrected chi connectivity index (χ0v) is 17.3. The minimum atomic E-state index is -0.771. The number of nitrogens with zero attached hydrogens (tertiary/aromatic N) is 1. The van der Waals surface area contributed by atoms with Crippen LogP contribution in [0.3, 0.4) is 0 Å². The Balaban J connectivity index is 1.49. The average molecular weight is 406 g/mol. The first kappa shape index (κ1) is 19.5. The van der Waals surface area contributed by atoms with E-state index in [1.165, 1.54) is 22.3 Å². The van der Waals surface area contributed by atoms with Gasteiger partial charge in [0.2, 0.25) is 5.88 Å². The van der Waals surface area contributed by atoms with E-state index in [0.717, 1.165) is 21.8 Å². The van der Waals surface area contributed by atoms with E-state index < -0.39 is 5.97 Å². The van der Waals surface area contributed by atoms with Crippen molar-refractivity contribution < 1.29 is 14.6 Å². The van der Waals surface area contributed by atoms with Gasteiger partial charge in [-0.3, -0.25) is 4.79 Å². The number of benzene rings is 2. The van der Waals surface area contributed by atoms with Crippen molar-refractivity contribution in [2.45, 2.75) is 37.7 Å².